The Morgan fingerprint density at radius 1 is 1.14 bits per heavy atom. The van der Waals surface area contributed by atoms with Crippen molar-refractivity contribution >= 4 is 5.96 Å². The molecule has 0 aliphatic carbocycles. The lowest BCUT2D eigenvalue weighted by atomic mass is 10.1. The number of aliphatic imine (C=N–C) groups is 1. The number of guanidine groups is 1. The van der Waals surface area contributed by atoms with Gasteiger partial charge >= 0.3 is 0 Å². The van der Waals surface area contributed by atoms with E-state index in [4.69, 9.17) is 9.73 Å². The average molecular weight is 316 g/mol. The predicted molar refractivity (Wildman–Crippen MR) is 95.7 cm³/mol. The van der Waals surface area contributed by atoms with E-state index in [1.807, 2.05) is 0 Å². The van der Waals surface area contributed by atoms with Crippen molar-refractivity contribution in [3.8, 4) is 0 Å². The van der Waals surface area contributed by atoms with Crippen LogP contribution in [0.25, 0.3) is 0 Å². The molecule has 6 nitrogen and oxygen atoms in total. The fraction of sp³-hybridized carbons (Fsp3) is 0.938. The summed E-state index contributed by atoms with van der Waals surface area (Å²) in [7, 11) is 8.06. The van der Waals surface area contributed by atoms with E-state index in [1.54, 1.807) is 7.11 Å². The molecule has 0 amide bonds. The van der Waals surface area contributed by atoms with Gasteiger partial charge in [0.15, 0.2) is 5.96 Å². The number of nitrogens with one attached hydrogen (secondary N) is 2. The molecule has 0 bridgehead atoms. The summed E-state index contributed by atoms with van der Waals surface area (Å²) >= 11 is 0. The Morgan fingerprint density at radius 2 is 1.82 bits per heavy atom. The van der Waals surface area contributed by atoms with Crippen molar-refractivity contribution < 1.29 is 4.74 Å². The Labute approximate surface area is 137 Å². The minimum atomic E-state index is 0.0549. The van der Waals surface area contributed by atoms with Crippen LogP contribution in [0.2, 0.25) is 0 Å². The second-order valence-corrected chi connectivity index (χ2v) is 6.48. The van der Waals surface area contributed by atoms with Crippen LogP contribution in [0, 0.1) is 0 Å². The second kappa shape index (κ2) is 11.7. The summed E-state index contributed by atoms with van der Waals surface area (Å²) in [5.74, 6) is 0.891. The molecule has 0 radical (unpaired) electrons. The summed E-state index contributed by atoms with van der Waals surface area (Å²) < 4.78 is 5.07. The van der Waals surface area contributed by atoms with E-state index >= 15 is 0 Å². The first-order chi connectivity index (χ1) is 10.3. The maximum atomic E-state index is 5.07. The standard InChI is InChI=1S/C16H37N5O/c1-8-17-15(19-14-16(2,3)20(4)5)18-10-12-21(6)11-9-13-22-7/h8-14H2,1-7H3,(H2,17,18,19). The number of hydrogen-bond donors (Lipinski definition) is 2. The maximum Gasteiger partial charge on any atom is 0.191 e. The highest BCUT2D eigenvalue weighted by atomic mass is 16.5. The lowest BCUT2D eigenvalue weighted by Crippen LogP contribution is -2.45. The van der Waals surface area contributed by atoms with Crippen molar-refractivity contribution in [2.45, 2.75) is 32.7 Å². The topological polar surface area (TPSA) is 52.1 Å². The van der Waals surface area contributed by atoms with E-state index in [1.165, 1.54) is 0 Å². The minimum absolute atomic E-state index is 0.0549. The van der Waals surface area contributed by atoms with Gasteiger partial charge < -0.3 is 25.2 Å². The van der Waals surface area contributed by atoms with Crippen molar-refractivity contribution in [2.24, 2.45) is 4.99 Å². The third-order valence-electron chi connectivity index (χ3n) is 3.85. The summed E-state index contributed by atoms with van der Waals surface area (Å²) in [5, 5.41) is 6.70. The predicted octanol–water partition coefficient (Wildman–Crippen LogP) is 0.850. The number of methoxy groups -OCH3 is 1. The first kappa shape index (κ1) is 21.1. The number of nitrogens with zero attached hydrogens (tertiary/aromatic N) is 3. The molecule has 0 heterocycles. The number of hydrogen-bond acceptors (Lipinski definition) is 4. The zero-order chi connectivity index (χ0) is 17.0. The molecule has 0 aromatic carbocycles. The smallest absolute Gasteiger partial charge is 0.191 e. The lowest BCUT2D eigenvalue weighted by Gasteiger charge is -2.31. The van der Waals surface area contributed by atoms with E-state index in [9.17, 15) is 0 Å². The van der Waals surface area contributed by atoms with Gasteiger partial charge in [-0.2, -0.15) is 0 Å². The monoisotopic (exact) mass is 315 g/mol. The summed E-state index contributed by atoms with van der Waals surface area (Å²) in [6.45, 7) is 11.9. The number of likely N-dealkylation sites (N-methyl/N-ethyl adjacent to an activating group) is 2. The van der Waals surface area contributed by atoms with E-state index in [2.05, 4.69) is 62.3 Å². The molecule has 6 heteroatoms. The second-order valence-electron chi connectivity index (χ2n) is 6.48. The van der Waals surface area contributed by atoms with Crippen LogP contribution in [-0.4, -0.2) is 88.9 Å². The summed E-state index contributed by atoms with van der Waals surface area (Å²) in [4.78, 5) is 9.20. The van der Waals surface area contributed by atoms with Gasteiger partial charge in [-0.15, -0.1) is 0 Å². The van der Waals surface area contributed by atoms with Crippen molar-refractivity contribution in [1.82, 2.24) is 20.4 Å². The van der Waals surface area contributed by atoms with Crippen molar-refractivity contribution in [3.63, 3.8) is 0 Å². The lowest BCUT2D eigenvalue weighted by molar-refractivity contribution is 0.180. The van der Waals surface area contributed by atoms with E-state index in [0.29, 0.717) is 0 Å². The quantitative estimate of drug-likeness (QED) is 0.336. The van der Waals surface area contributed by atoms with Gasteiger partial charge in [-0.3, -0.25) is 4.99 Å². The molecule has 0 spiro atoms. The number of rotatable bonds is 11. The highest BCUT2D eigenvalue weighted by Gasteiger charge is 2.19. The Bertz CT molecular complexity index is 305. The van der Waals surface area contributed by atoms with Crippen molar-refractivity contribution in [2.75, 3.05) is 67.6 Å². The molecular formula is C16H37N5O. The van der Waals surface area contributed by atoms with Crippen LogP contribution < -0.4 is 10.6 Å². The van der Waals surface area contributed by atoms with Crippen LogP contribution in [0.3, 0.4) is 0 Å². The minimum Gasteiger partial charge on any atom is -0.385 e. The molecule has 0 rings (SSSR count). The Morgan fingerprint density at radius 3 is 2.36 bits per heavy atom. The fourth-order valence-corrected chi connectivity index (χ4v) is 1.71. The highest BCUT2D eigenvalue weighted by molar-refractivity contribution is 5.79. The van der Waals surface area contributed by atoms with Gasteiger partial charge in [0.25, 0.3) is 0 Å². The van der Waals surface area contributed by atoms with Gasteiger partial charge in [-0.25, -0.2) is 0 Å². The SMILES string of the molecule is CCNC(=NCC(C)(C)N(C)C)NCCN(C)CCCOC. The molecule has 22 heavy (non-hydrogen) atoms. The Kier molecular flexibility index (Phi) is 11.2. The molecule has 132 valence electrons. The molecule has 0 aromatic rings. The number of ether oxygens (including phenoxy) is 1. The molecule has 0 aliphatic rings. The molecule has 2 N–H and O–H groups in total. The Hall–Kier alpha value is -0.850. The zero-order valence-electron chi connectivity index (χ0n) is 15.7. The summed E-state index contributed by atoms with van der Waals surface area (Å²) in [6.07, 6.45) is 1.07. The van der Waals surface area contributed by atoms with Crippen LogP contribution in [0.5, 0.6) is 0 Å². The first-order valence-electron chi connectivity index (χ1n) is 8.20. The van der Waals surface area contributed by atoms with Gasteiger partial charge in [0.05, 0.1) is 6.54 Å². The Balaban J connectivity index is 4.18. The maximum absolute atomic E-state index is 5.07. The van der Waals surface area contributed by atoms with Gasteiger partial charge in [0.2, 0.25) is 0 Å². The van der Waals surface area contributed by atoms with E-state index < -0.39 is 0 Å². The fourth-order valence-electron chi connectivity index (χ4n) is 1.71. The molecular weight excluding hydrogens is 278 g/mol. The van der Waals surface area contributed by atoms with Crippen LogP contribution >= 0.6 is 0 Å². The average Bonchev–Trinajstić information content (AvgIpc) is 2.45. The molecule has 0 aromatic heterocycles. The van der Waals surface area contributed by atoms with Crippen molar-refractivity contribution in [3.05, 3.63) is 0 Å². The molecule has 0 fully saturated rings. The molecule has 0 unspecified atom stereocenters. The zero-order valence-corrected chi connectivity index (χ0v) is 15.7. The van der Waals surface area contributed by atoms with E-state index in [-0.39, 0.29) is 5.54 Å². The van der Waals surface area contributed by atoms with Gasteiger partial charge in [0.1, 0.15) is 0 Å². The largest absolute Gasteiger partial charge is 0.385 e. The first-order valence-corrected chi connectivity index (χ1v) is 8.20. The van der Waals surface area contributed by atoms with Crippen LogP contribution in [0.1, 0.15) is 27.2 Å². The molecule has 0 saturated heterocycles. The van der Waals surface area contributed by atoms with Crippen molar-refractivity contribution in [1.29, 1.82) is 0 Å². The van der Waals surface area contributed by atoms with Crippen LogP contribution in [0.15, 0.2) is 4.99 Å². The third kappa shape index (κ3) is 9.97. The summed E-state index contributed by atoms with van der Waals surface area (Å²) in [5.41, 5.74) is 0.0549. The van der Waals surface area contributed by atoms with Gasteiger partial charge in [-0.05, 0) is 48.3 Å². The molecule has 0 saturated carbocycles. The van der Waals surface area contributed by atoms with Crippen LogP contribution in [-0.2, 0) is 4.74 Å². The van der Waals surface area contributed by atoms with Gasteiger partial charge in [0, 0.05) is 45.4 Å². The molecule has 0 aliphatic heterocycles. The van der Waals surface area contributed by atoms with Gasteiger partial charge in [-0.1, -0.05) is 0 Å². The normalized spacial score (nSPS) is 13.0. The molecule has 0 atom stereocenters. The highest BCUT2D eigenvalue weighted by Crippen LogP contribution is 2.09. The van der Waals surface area contributed by atoms with Crippen LogP contribution in [0.4, 0.5) is 0 Å². The third-order valence-corrected chi connectivity index (χ3v) is 3.85. The summed E-state index contributed by atoms with van der Waals surface area (Å²) in [6, 6.07) is 0. The van der Waals surface area contributed by atoms with E-state index in [0.717, 1.165) is 51.7 Å².